The minimum atomic E-state index is 0.0861. The molecule has 1 N–H and O–H groups in total. The second kappa shape index (κ2) is 7.20. The molecular formula is C17H21N3O2. The predicted octanol–water partition coefficient (Wildman–Crippen LogP) is 3.32. The van der Waals surface area contributed by atoms with Gasteiger partial charge in [0.15, 0.2) is 5.76 Å². The highest BCUT2D eigenvalue weighted by Crippen LogP contribution is 2.28. The Bertz CT molecular complexity index is 604. The third-order valence-electron chi connectivity index (χ3n) is 4.24. The molecule has 2 aromatic rings. The Balaban J connectivity index is 1.54. The Morgan fingerprint density at radius 1 is 1.27 bits per heavy atom. The fourth-order valence-corrected chi connectivity index (χ4v) is 3.02. The lowest BCUT2D eigenvalue weighted by Crippen LogP contribution is -2.24. The van der Waals surface area contributed by atoms with Crippen LogP contribution in [0.4, 0.5) is 0 Å². The van der Waals surface area contributed by atoms with Crippen molar-refractivity contribution >= 4 is 5.91 Å². The van der Waals surface area contributed by atoms with Crippen molar-refractivity contribution in [3.8, 4) is 11.5 Å². The number of carbonyl (C=O) groups is 1. The van der Waals surface area contributed by atoms with Crippen LogP contribution in [0.5, 0.6) is 0 Å². The van der Waals surface area contributed by atoms with Gasteiger partial charge in [0.25, 0.3) is 0 Å². The second-order valence-corrected chi connectivity index (χ2v) is 5.79. The van der Waals surface area contributed by atoms with Crippen LogP contribution < -0.4 is 5.32 Å². The van der Waals surface area contributed by atoms with E-state index >= 15 is 0 Å². The summed E-state index contributed by atoms with van der Waals surface area (Å²) in [6.07, 6.45) is 11.7. The maximum absolute atomic E-state index is 12.0. The molecule has 0 spiro atoms. The number of rotatable bonds is 6. The third-order valence-corrected chi connectivity index (χ3v) is 4.24. The van der Waals surface area contributed by atoms with Crippen molar-refractivity contribution < 1.29 is 9.21 Å². The van der Waals surface area contributed by atoms with Gasteiger partial charge in [-0.25, -0.2) is 4.98 Å². The number of nitrogens with one attached hydrogen (secondary N) is 1. The topological polar surface area (TPSA) is 68.0 Å². The number of aromatic nitrogens is 2. The highest BCUT2D eigenvalue weighted by atomic mass is 16.3. The van der Waals surface area contributed by atoms with Crippen LogP contribution in [0.1, 0.15) is 44.2 Å². The largest absolute Gasteiger partial charge is 0.463 e. The normalized spacial score (nSPS) is 15.1. The van der Waals surface area contributed by atoms with Crippen LogP contribution in [-0.4, -0.2) is 15.9 Å². The molecule has 5 heteroatoms. The van der Waals surface area contributed by atoms with Gasteiger partial charge >= 0.3 is 0 Å². The average Bonchev–Trinajstić information content (AvgIpc) is 3.24. The third kappa shape index (κ3) is 3.72. The summed E-state index contributed by atoms with van der Waals surface area (Å²) in [7, 11) is 0. The van der Waals surface area contributed by atoms with Gasteiger partial charge in [0.2, 0.25) is 5.91 Å². The van der Waals surface area contributed by atoms with E-state index in [4.69, 9.17) is 4.42 Å². The molecule has 116 valence electrons. The van der Waals surface area contributed by atoms with E-state index in [-0.39, 0.29) is 5.91 Å². The zero-order valence-corrected chi connectivity index (χ0v) is 12.6. The van der Waals surface area contributed by atoms with Crippen LogP contribution in [0.15, 0.2) is 35.2 Å². The van der Waals surface area contributed by atoms with Crippen molar-refractivity contribution in [2.75, 3.05) is 0 Å². The number of amides is 1. The van der Waals surface area contributed by atoms with Crippen molar-refractivity contribution in [3.05, 3.63) is 36.5 Å². The fraction of sp³-hybridized carbons (Fsp3) is 0.471. The SMILES string of the molecule is O=C(CCC1CCCC1)NCc1nccnc1-c1ccco1. The Labute approximate surface area is 130 Å². The van der Waals surface area contributed by atoms with Crippen molar-refractivity contribution in [2.45, 2.75) is 45.1 Å². The summed E-state index contributed by atoms with van der Waals surface area (Å²) < 4.78 is 5.37. The van der Waals surface area contributed by atoms with Crippen molar-refractivity contribution in [2.24, 2.45) is 5.92 Å². The lowest BCUT2D eigenvalue weighted by atomic mass is 10.0. The van der Waals surface area contributed by atoms with Crippen LogP contribution in [0.25, 0.3) is 11.5 Å². The molecule has 22 heavy (non-hydrogen) atoms. The van der Waals surface area contributed by atoms with Crippen molar-refractivity contribution in [1.29, 1.82) is 0 Å². The van der Waals surface area contributed by atoms with Crippen molar-refractivity contribution in [3.63, 3.8) is 0 Å². The lowest BCUT2D eigenvalue weighted by Gasteiger charge is -2.10. The number of hydrogen-bond donors (Lipinski definition) is 1. The summed E-state index contributed by atoms with van der Waals surface area (Å²) in [4.78, 5) is 20.6. The van der Waals surface area contributed by atoms with Gasteiger partial charge in [-0.15, -0.1) is 0 Å². The zero-order valence-electron chi connectivity index (χ0n) is 12.6. The van der Waals surface area contributed by atoms with Crippen LogP contribution in [-0.2, 0) is 11.3 Å². The van der Waals surface area contributed by atoms with Gasteiger partial charge < -0.3 is 9.73 Å². The molecule has 0 bridgehead atoms. The molecule has 2 heterocycles. The first kappa shape index (κ1) is 14.8. The minimum absolute atomic E-state index is 0.0861. The highest BCUT2D eigenvalue weighted by Gasteiger charge is 2.16. The molecule has 0 atom stereocenters. The average molecular weight is 299 g/mol. The molecule has 1 fully saturated rings. The molecule has 1 aliphatic rings. The van der Waals surface area contributed by atoms with Crippen LogP contribution >= 0.6 is 0 Å². The molecule has 0 aliphatic heterocycles. The molecule has 1 aliphatic carbocycles. The molecule has 2 aromatic heterocycles. The molecule has 3 rings (SSSR count). The quantitative estimate of drug-likeness (QED) is 0.888. The first-order chi connectivity index (χ1) is 10.8. The Morgan fingerprint density at radius 3 is 2.86 bits per heavy atom. The maximum atomic E-state index is 12.0. The molecule has 1 saturated carbocycles. The monoisotopic (exact) mass is 299 g/mol. The minimum Gasteiger partial charge on any atom is -0.463 e. The molecule has 1 amide bonds. The summed E-state index contributed by atoms with van der Waals surface area (Å²) in [6, 6.07) is 3.66. The summed E-state index contributed by atoms with van der Waals surface area (Å²) in [5, 5.41) is 2.94. The summed E-state index contributed by atoms with van der Waals surface area (Å²) >= 11 is 0. The predicted molar refractivity (Wildman–Crippen MR) is 82.8 cm³/mol. The van der Waals surface area contributed by atoms with Gasteiger partial charge in [-0.1, -0.05) is 25.7 Å². The lowest BCUT2D eigenvalue weighted by molar-refractivity contribution is -0.121. The summed E-state index contributed by atoms with van der Waals surface area (Å²) in [6.45, 7) is 0.382. The number of hydrogen-bond acceptors (Lipinski definition) is 4. The smallest absolute Gasteiger partial charge is 0.220 e. The van der Waals surface area contributed by atoms with Crippen LogP contribution in [0.2, 0.25) is 0 Å². The molecule has 0 saturated heterocycles. The molecule has 0 unspecified atom stereocenters. The number of nitrogens with zero attached hydrogens (tertiary/aromatic N) is 2. The van der Waals surface area contributed by atoms with E-state index in [1.807, 2.05) is 12.1 Å². The van der Waals surface area contributed by atoms with E-state index in [0.717, 1.165) is 18.0 Å². The zero-order chi connectivity index (χ0) is 15.2. The summed E-state index contributed by atoms with van der Waals surface area (Å²) in [5.41, 5.74) is 1.41. The Kier molecular flexibility index (Phi) is 4.83. The molecule has 5 nitrogen and oxygen atoms in total. The van der Waals surface area contributed by atoms with E-state index in [9.17, 15) is 4.79 Å². The molecular weight excluding hydrogens is 278 g/mol. The van der Waals surface area contributed by atoms with Gasteiger partial charge in [-0.3, -0.25) is 9.78 Å². The van der Waals surface area contributed by atoms with E-state index in [2.05, 4.69) is 15.3 Å². The highest BCUT2D eigenvalue weighted by molar-refractivity contribution is 5.76. The Hall–Kier alpha value is -2.17. The van der Waals surface area contributed by atoms with Gasteiger partial charge in [0.1, 0.15) is 5.69 Å². The maximum Gasteiger partial charge on any atom is 0.220 e. The fourth-order valence-electron chi connectivity index (χ4n) is 3.02. The van der Waals surface area contributed by atoms with E-state index < -0.39 is 0 Å². The Morgan fingerprint density at radius 2 is 2.09 bits per heavy atom. The van der Waals surface area contributed by atoms with Crippen LogP contribution in [0.3, 0.4) is 0 Å². The van der Waals surface area contributed by atoms with Gasteiger partial charge in [-0.2, -0.15) is 0 Å². The van der Waals surface area contributed by atoms with Crippen LogP contribution in [0, 0.1) is 5.92 Å². The van der Waals surface area contributed by atoms with Gasteiger partial charge in [0.05, 0.1) is 18.5 Å². The standard InChI is InChI=1S/C17H21N3O2/c21-16(8-7-13-4-1-2-5-13)20-12-14-17(19-10-9-18-14)15-6-3-11-22-15/h3,6,9-11,13H,1-2,4-5,7-8,12H2,(H,20,21). The van der Waals surface area contributed by atoms with Gasteiger partial charge in [0, 0.05) is 18.8 Å². The van der Waals surface area contributed by atoms with E-state index in [1.54, 1.807) is 18.7 Å². The molecule has 0 radical (unpaired) electrons. The number of carbonyl (C=O) groups excluding carboxylic acids is 1. The van der Waals surface area contributed by atoms with Gasteiger partial charge in [-0.05, 0) is 24.5 Å². The first-order valence-electron chi connectivity index (χ1n) is 7.93. The first-order valence-corrected chi connectivity index (χ1v) is 7.93. The summed E-state index contributed by atoms with van der Waals surface area (Å²) in [5.74, 6) is 1.49. The van der Waals surface area contributed by atoms with Crippen molar-refractivity contribution in [1.82, 2.24) is 15.3 Å². The van der Waals surface area contributed by atoms with E-state index in [1.165, 1.54) is 25.7 Å². The second-order valence-electron chi connectivity index (χ2n) is 5.79. The van der Waals surface area contributed by atoms with E-state index in [0.29, 0.717) is 24.4 Å². The number of furan rings is 1. The molecule has 0 aromatic carbocycles.